The van der Waals surface area contributed by atoms with Crippen molar-refractivity contribution in [2.45, 2.75) is 90.5 Å². The first-order valence-electron chi connectivity index (χ1n) is 9.25. The first-order chi connectivity index (χ1) is 9.81. The summed E-state index contributed by atoms with van der Waals surface area (Å²) in [5, 5.41) is 0. The third-order valence-corrected chi connectivity index (χ3v) is 5.05. The van der Waals surface area contributed by atoms with Crippen LogP contribution in [0.15, 0.2) is 0 Å². The Morgan fingerprint density at radius 3 is 2.15 bits per heavy atom. The number of unbranched alkanes of at least 4 members (excludes halogenated alkanes) is 6. The number of nitrogens with zero attached hydrogens (tertiary/aromatic N) is 1. The van der Waals surface area contributed by atoms with E-state index in [1.807, 2.05) is 0 Å². The monoisotopic (exact) mass is 282 g/mol. The summed E-state index contributed by atoms with van der Waals surface area (Å²) in [6.07, 6.45) is 15.5. The van der Waals surface area contributed by atoms with Gasteiger partial charge in [0.25, 0.3) is 0 Å². The van der Waals surface area contributed by atoms with E-state index in [-0.39, 0.29) is 0 Å². The fraction of sp³-hybridized carbons (Fsp3) is 1.00. The SMILES string of the molecule is CCCCCCCCCC(CN)N(CC)CC1CCC1. The summed E-state index contributed by atoms with van der Waals surface area (Å²) in [4.78, 5) is 2.65. The minimum atomic E-state index is 0.635. The second-order valence-electron chi connectivity index (χ2n) is 6.68. The molecule has 1 fully saturated rings. The average molecular weight is 283 g/mol. The van der Waals surface area contributed by atoms with Crippen molar-refractivity contribution in [1.29, 1.82) is 0 Å². The zero-order valence-electron chi connectivity index (χ0n) is 14.1. The molecule has 0 amide bonds. The molecular weight excluding hydrogens is 244 g/mol. The molecule has 0 heterocycles. The van der Waals surface area contributed by atoms with Gasteiger partial charge in [0.1, 0.15) is 0 Å². The smallest absolute Gasteiger partial charge is 0.0218 e. The van der Waals surface area contributed by atoms with Crippen molar-refractivity contribution in [3.8, 4) is 0 Å². The lowest BCUT2D eigenvalue weighted by Gasteiger charge is -2.36. The zero-order chi connectivity index (χ0) is 14.6. The van der Waals surface area contributed by atoms with Gasteiger partial charge in [-0.15, -0.1) is 0 Å². The Morgan fingerprint density at radius 2 is 1.65 bits per heavy atom. The molecule has 1 rings (SSSR count). The van der Waals surface area contributed by atoms with Gasteiger partial charge >= 0.3 is 0 Å². The van der Waals surface area contributed by atoms with Crippen LogP contribution in [0.3, 0.4) is 0 Å². The number of rotatable bonds is 13. The maximum Gasteiger partial charge on any atom is 0.0218 e. The molecule has 0 aromatic carbocycles. The standard InChI is InChI=1S/C18H38N2/c1-3-5-6-7-8-9-10-14-18(15-19)20(4-2)16-17-12-11-13-17/h17-18H,3-16,19H2,1-2H3. The van der Waals surface area contributed by atoms with Gasteiger partial charge in [-0.2, -0.15) is 0 Å². The molecule has 120 valence electrons. The van der Waals surface area contributed by atoms with Crippen molar-refractivity contribution in [1.82, 2.24) is 4.90 Å². The first-order valence-corrected chi connectivity index (χ1v) is 9.25. The normalized spacial score (nSPS) is 17.4. The second-order valence-corrected chi connectivity index (χ2v) is 6.68. The number of hydrogen-bond acceptors (Lipinski definition) is 2. The van der Waals surface area contributed by atoms with E-state index in [2.05, 4.69) is 18.7 Å². The lowest BCUT2D eigenvalue weighted by molar-refractivity contribution is 0.134. The molecule has 20 heavy (non-hydrogen) atoms. The molecule has 1 aliphatic rings. The Labute approximate surface area is 127 Å². The van der Waals surface area contributed by atoms with Crippen LogP contribution in [-0.2, 0) is 0 Å². The van der Waals surface area contributed by atoms with Crippen molar-refractivity contribution in [2.24, 2.45) is 11.7 Å². The zero-order valence-corrected chi connectivity index (χ0v) is 14.1. The Kier molecular flexibility index (Phi) is 10.4. The molecule has 1 aliphatic carbocycles. The van der Waals surface area contributed by atoms with Gasteiger partial charge in [0.2, 0.25) is 0 Å². The topological polar surface area (TPSA) is 29.3 Å². The fourth-order valence-electron chi connectivity index (χ4n) is 3.33. The Morgan fingerprint density at radius 1 is 1.00 bits per heavy atom. The first kappa shape index (κ1) is 18.0. The lowest BCUT2D eigenvalue weighted by atomic mass is 9.84. The fourth-order valence-corrected chi connectivity index (χ4v) is 3.33. The molecule has 0 bridgehead atoms. The molecule has 2 nitrogen and oxygen atoms in total. The Balaban J connectivity index is 2.09. The predicted octanol–water partition coefficient (Wildman–Crippen LogP) is 4.58. The molecule has 0 aromatic rings. The van der Waals surface area contributed by atoms with Crippen LogP contribution >= 0.6 is 0 Å². The summed E-state index contributed by atoms with van der Waals surface area (Å²) < 4.78 is 0. The van der Waals surface area contributed by atoms with Crippen LogP contribution in [-0.4, -0.2) is 30.6 Å². The minimum absolute atomic E-state index is 0.635. The quantitative estimate of drug-likeness (QED) is 0.501. The molecule has 1 saturated carbocycles. The van der Waals surface area contributed by atoms with Crippen LogP contribution in [0.4, 0.5) is 0 Å². The van der Waals surface area contributed by atoms with Gasteiger partial charge in [0, 0.05) is 19.1 Å². The van der Waals surface area contributed by atoms with Crippen LogP contribution < -0.4 is 5.73 Å². The maximum absolute atomic E-state index is 6.02. The molecule has 2 N–H and O–H groups in total. The van der Waals surface area contributed by atoms with E-state index in [0.717, 1.165) is 12.5 Å². The van der Waals surface area contributed by atoms with Crippen molar-refractivity contribution in [3.05, 3.63) is 0 Å². The van der Waals surface area contributed by atoms with E-state index in [1.54, 1.807) is 0 Å². The summed E-state index contributed by atoms with van der Waals surface area (Å²) in [6, 6.07) is 0.635. The number of likely N-dealkylation sites (N-methyl/N-ethyl adjacent to an activating group) is 1. The highest BCUT2D eigenvalue weighted by Crippen LogP contribution is 2.28. The van der Waals surface area contributed by atoms with Gasteiger partial charge < -0.3 is 5.73 Å². The largest absolute Gasteiger partial charge is 0.329 e. The Bertz CT molecular complexity index is 213. The van der Waals surface area contributed by atoms with Gasteiger partial charge in [0.05, 0.1) is 0 Å². The van der Waals surface area contributed by atoms with Crippen molar-refractivity contribution in [3.63, 3.8) is 0 Å². The van der Waals surface area contributed by atoms with Crippen LogP contribution in [0.5, 0.6) is 0 Å². The van der Waals surface area contributed by atoms with Crippen LogP contribution in [0.2, 0.25) is 0 Å². The average Bonchev–Trinajstić information content (AvgIpc) is 2.42. The summed E-state index contributed by atoms with van der Waals surface area (Å²) in [5.41, 5.74) is 6.02. The molecule has 0 radical (unpaired) electrons. The summed E-state index contributed by atoms with van der Waals surface area (Å²) in [7, 11) is 0. The van der Waals surface area contributed by atoms with E-state index in [1.165, 1.54) is 83.7 Å². The number of nitrogens with two attached hydrogens (primary N) is 1. The van der Waals surface area contributed by atoms with E-state index < -0.39 is 0 Å². The third-order valence-electron chi connectivity index (χ3n) is 5.05. The van der Waals surface area contributed by atoms with Crippen molar-refractivity contribution < 1.29 is 0 Å². The van der Waals surface area contributed by atoms with Gasteiger partial charge in [-0.25, -0.2) is 0 Å². The van der Waals surface area contributed by atoms with Gasteiger partial charge in [0.15, 0.2) is 0 Å². The van der Waals surface area contributed by atoms with E-state index in [9.17, 15) is 0 Å². The van der Waals surface area contributed by atoms with Crippen LogP contribution in [0.25, 0.3) is 0 Å². The van der Waals surface area contributed by atoms with Crippen molar-refractivity contribution >= 4 is 0 Å². The molecule has 1 unspecified atom stereocenters. The third kappa shape index (κ3) is 7.08. The molecule has 0 spiro atoms. The Hall–Kier alpha value is -0.0800. The summed E-state index contributed by atoms with van der Waals surface area (Å²) in [5.74, 6) is 0.970. The van der Waals surface area contributed by atoms with E-state index >= 15 is 0 Å². The molecule has 0 aliphatic heterocycles. The van der Waals surface area contributed by atoms with Crippen LogP contribution in [0, 0.1) is 5.92 Å². The predicted molar refractivity (Wildman–Crippen MR) is 90.0 cm³/mol. The van der Waals surface area contributed by atoms with Gasteiger partial charge in [-0.1, -0.05) is 65.2 Å². The van der Waals surface area contributed by atoms with Crippen LogP contribution in [0.1, 0.15) is 84.5 Å². The van der Waals surface area contributed by atoms with E-state index in [0.29, 0.717) is 6.04 Å². The second kappa shape index (κ2) is 11.6. The van der Waals surface area contributed by atoms with E-state index in [4.69, 9.17) is 5.73 Å². The highest BCUT2D eigenvalue weighted by atomic mass is 15.2. The molecule has 0 saturated heterocycles. The molecule has 0 aromatic heterocycles. The number of hydrogen-bond donors (Lipinski definition) is 1. The summed E-state index contributed by atoms with van der Waals surface area (Å²) in [6.45, 7) is 7.90. The van der Waals surface area contributed by atoms with Gasteiger partial charge in [-0.05, 0) is 31.7 Å². The minimum Gasteiger partial charge on any atom is -0.329 e. The van der Waals surface area contributed by atoms with Crippen molar-refractivity contribution in [2.75, 3.05) is 19.6 Å². The molecular formula is C18H38N2. The highest BCUT2D eigenvalue weighted by molar-refractivity contribution is 4.78. The lowest BCUT2D eigenvalue weighted by Crippen LogP contribution is -2.44. The van der Waals surface area contributed by atoms with Gasteiger partial charge in [-0.3, -0.25) is 4.90 Å². The molecule has 2 heteroatoms. The highest BCUT2D eigenvalue weighted by Gasteiger charge is 2.23. The summed E-state index contributed by atoms with van der Waals surface area (Å²) >= 11 is 0. The maximum atomic E-state index is 6.02. The molecule has 1 atom stereocenters.